The van der Waals surface area contributed by atoms with Gasteiger partial charge < -0.3 is 9.72 Å². The van der Waals surface area contributed by atoms with E-state index in [-0.39, 0.29) is 0 Å². The third kappa shape index (κ3) is 2.59. The fourth-order valence-corrected chi connectivity index (χ4v) is 2.01. The molecule has 1 aromatic carbocycles. The number of hydrogen-bond donors (Lipinski definition) is 1. The number of benzene rings is 1. The number of hydrogen-bond acceptors (Lipinski definition) is 3. The number of aryl methyl sites for hydroxylation is 1. The molecule has 0 aliphatic rings. The van der Waals surface area contributed by atoms with Crippen molar-refractivity contribution in [2.24, 2.45) is 0 Å². The molecular weight excluding hydrogens is 228 g/mol. The Kier molecular flexibility index (Phi) is 3.77. The maximum absolute atomic E-state index is 11.0. The van der Waals surface area contributed by atoms with Crippen LogP contribution in [0.3, 0.4) is 0 Å². The van der Waals surface area contributed by atoms with Gasteiger partial charge in [-0.05, 0) is 36.6 Å². The second-order valence-electron chi connectivity index (χ2n) is 4.10. The number of aromatic amines is 1. The third-order valence-corrected chi connectivity index (χ3v) is 2.89. The van der Waals surface area contributed by atoms with Crippen LogP contribution in [-0.2, 0) is 13.0 Å². The normalized spacial score (nSPS) is 10.3. The van der Waals surface area contributed by atoms with Crippen molar-refractivity contribution < 1.29 is 9.53 Å². The van der Waals surface area contributed by atoms with E-state index in [1.165, 1.54) is 0 Å². The van der Waals surface area contributed by atoms with E-state index in [1.807, 2.05) is 19.9 Å². The number of nitrogens with zero attached hydrogens (tertiary/aromatic N) is 1. The minimum atomic E-state index is 0.371. The minimum Gasteiger partial charge on any atom is -0.486 e. The van der Waals surface area contributed by atoms with Gasteiger partial charge in [-0.1, -0.05) is 6.92 Å². The quantitative estimate of drug-likeness (QED) is 0.823. The van der Waals surface area contributed by atoms with Crippen LogP contribution in [0.15, 0.2) is 24.5 Å². The zero-order valence-corrected chi connectivity index (χ0v) is 10.6. The number of ether oxygens (including phenoxy) is 1. The summed E-state index contributed by atoms with van der Waals surface area (Å²) in [5.41, 5.74) is 2.86. The summed E-state index contributed by atoms with van der Waals surface area (Å²) >= 11 is 0. The first-order valence-electron chi connectivity index (χ1n) is 5.94. The molecule has 4 nitrogen and oxygen atoms in total. The Balaban J connectivity index is 2.18. The number of aromatic nitrogens is 2. The first-order chi connectivity index (χ1) is 8.74. The molecule has 0 amide bonds. The van der Waals surface area contributed by atoms with Crippen molar-refractivity contribution in [1.29, 1.82) is 0 Å². The van der Waals surface area contributed by atoms with Gasteiger partial charge in [-0.15, -0.1) is 0 Å². The van der Waals surface area contributed by atoms with E-state index in [0.717, 1.165) is 29.7 Å². The summed E-state index contributed by atoms with van der Waals surface area (Å²) in [6.45, 7) is 4.40. The summed E-state index contributed by atoms with van der Waals surface area (Å²) in [6, 6.07) is 3.73. The number of nitrogens with one attached hydrogen (secondary N) is 1. The molecule has 0 aliphatic heterocycles. The van der Waals surface area contributed by atoms with Crippen molar-refractivity contribution in [3.05, 3.63) is 47.0 Å². The van der Waals surface area contributed by atoms with E-state index in [1.54, 1.807) is 18.5 Å². The molecule has 0 spiro atoms. The van der Waals surface area contributed by atoms with E-state index in [0.29, 0.717) is 17.9 Å². The highest BCUT2D eigenvalue weighted by Gasteiger charge is 2.07. The summed E-state index contributed by atoms with van der Waals surface area (Å²) in [7, 11) is 0. The van der Waals surface area contributed by atoms with Gasteiger partial charge in [0, 0.05) is 18.0 Å². The van der Waals surface area contributed by atoms with Crippen LogP contribution in [0.4, 0.5) is 0 Å². The van der Waals surface area contributed by atoms with Crippen molar-refractivity contribution in [2.45, 2.75) is 26.9 Å². The number of carbonyl (C=O) groups excluding carboxylic acids is 1. The lowest BCUT2D eigenvalue weighted by molar-refractivity contribution is 0.112. The maximum Gasteiger partial charge on any atom is 0.150 e. The SMILES string of the molecule is CCc1c(C)cc(OCc2ncc[nH]2)cc1C=O. The van der Waals surface area contributed by atoms with Gasteiger partial charge in [0.05, 0.1) is 0 Å². The molecular formula is C14H16N2O2. The number of aldehydes is 1. The molecule has 1 N–H and O–H groups in total. The predicted octanol–water partition coefficient (Wildman–Crippen LogP) is 2.67. The molecule has 0 fully saturated rings. The van der Waals surface area contributed by atoms with Crippen LogP contribution in [0.5, 0.6) is 5.75 Å². The lowest BCUT2D eigenvalue weighted by Crippen LogP contribution is -2.01. The average molecular weight is 244 g/mol. The molecule has 0 saturated heterocycles. The lowest BCUT2D eigenvalue weighted by atomic mass is 10.00. The summed E-state index contributed by atoms with van der Waals surface area (Å²) in [6.07, 6.45) is 5.16. The topological polar surface area (TPSA) is 55.0 Å². The molecule has 2 rings (SSSR count). The third-order valence-electron chi connectivity index (χ3n) is 2.89. The van der Waals surface area contributed by atoms with Crippen LogP contribution in [0.1, 0.15) is 34.2 Å². The largest absolute Gasteiger partial charge is 0.486 e. The van der Waals surface area contributed by atoms with Crippen molar-refractivity contribution in [3.8, 4) is 5.75 Å². The molecule has 1 aromatic heterocycles. The van der Waals surface area contributed by atoms with Gasteiger partial charge >= 0.3 is 0 Å². The molecule has 18 heavy (non-hydrogen) atoms. The zero-order chi connectivity index (χ0) is 13.0. The second kappa shape index (κ2) is 5.49. The van der Waals surface area contributed by atoms with Crippen molar-refractivity contribution >= 4 is 6.29 Å². The van der Waals surface area contributed by atoms with Gasteiger partial charge in [-0.25, -0.2) is 4.98 Å². The maximum atomic E-state index is 11.0. The summed E-state index contributed by atoms with van der Waals surface area (Å²) in [5.74, 6) is 1.46. The van der Waals surface area contributed by atoms with E-state index >= 15 is 0 Å². The number of carbonyl (C=O) groups is 1. The summed E-state index contributed by atoms with van der Waals surface area (Å²) in [4.78, 5) is 18.1. The number of H-pyrrole nitrogens is 1. The van der Waals surface area contributed by atoms with Gasteiger partial charge in [0.2, 0.25) is 0 Å². The van der Waals surface area contributed by atoms with E-state index in [2.05, 4.69) is 9.97 Å². The van der Waals surface area contributed by atoms with Crippen LogP contribution in [0.2, 0.25) is 0 Å². The molecule has 0 aliphatic carbocycles. The predicted molar refractivity (Wildman–Crippen MR) is 68.9 cm³/mol. The highest BCUT2D eigenvalue weighted by atomic mass is 16.5. The number of imidazole rings is 1. The van der Waals surface area contributed by atoms with Gasteiger partial charge in [-0.2, -0.15) is 0 Å². The molecule has 1 heterocycles. The van der Waals surface area contributed by atoms with Crippen LogP contribution in [-0.4, -0.2) is 16.3 Å². The Hall–Kier alpha value is -2.10. The first kappa shape index (κ1) is 12.4. The van der Waals surface area contributed by atoms with Crippen LogP contribution < -0.4 is 4.74 Å². The summed E-state index contributed by atoms with van der Waals surface area (Å²) in [5, 5.41) is 0. The van der Waals surface area contributed by atoms with Gasteiger partial charge in [0.15, 0.2) is 0 Å². The standard InChI is InChI=1S/C14H16N2O2/c1-3-13-10(2)6-12(7-11(13)8-17)18-9-14-15-4-5-16-14/h4-8H,3,9H2,1-2H3,(H,15,16). The fourth-order valence-electron chi connectivity index (χ4n) is 2.01. The molecule has 0 atom stereocenters. The van der Waals surface area contributed by atoms with Crippen LogP contribution in [0.25, 0.3) is 0 Å². The van der Waals surface area contributed by atoms with Gasteiger partial charge in [-0.3, -0.25) is 4.79 Å². The molecule has 4 heteroatoms. The number of rotatable bonds is 5. The van der Waals surface area contributed by atoms with Gasteiger partial charge in [0.1, 0.15) is 24.5 Å². The first-order valence-corrected chi connectivity index (χ1v) is 5.94. The Morgan fingerprint density at radius 1 is 1.44 bits per heavy atom. The Morgan fingerprint density at radius 2 is 2.28 bits per heavy atom. The van der Waals surface area contributed by atoms with Crippen molar-refractivity contribution in [3.63, 3.8) is 0 Å². The highest BCUT2D eigenvalue weighted by Crippen LogP contribution is 2.22. The smallest absolute Gasteiger partial charge is 0.150 e. The van der Waals surface area contributed by atoms with E-state index in [4.69, 9.17) is 4.74 Å². The van der Waals surface area contributed by atoms with Crippen LogP contribution >= 0.6 is 0 Å². The lowest BCUT2D eigenvalue weighted by Gasteiger charge is -2.11. The highest BCUT2D eigenvalue weighted by molar-refractivity contribution is 5.79. The molecule has 0 radical (unpaired) electrons. The Morgan fingerprint density at radius 3 is 2.89 bits per heavy atom. The van der Waals surface area contributed by atoms with E-state index < -0.39 is 0 Å². The Labute approximate surface area is 106 Å². The minimum absolute atomic E-state index is 0.371. The monoisotopic (exact) mass is 244 g/mol. The molecule has 2 aromatic rings. The van der Waals surface area contributed by atoms with Crippen molar-refractivity contribution in [2.75, 3.05) is 0 Å². The molecule has 94 valence electrons. The molecule has 0 bridgehead atoms. The zero-order valence-electron chi connectivity index (χ0n) is 10.6. The second-order valence-corrected chi connectivity index (χ2v) is 4.10. The average Bonchev–Trinajstić information content (AvgIpc) is 2.88. The molecule has 0 saturated carbocycles. The summed E-state index contributed by atoms with van der Waals surface area (Å²) < 4.78 is 5.62. The van der Waals surface area contributed by atoms with Gasteiger partial charge in [0.25, 0.3) is 0 Å². The van der Waals surface area contributed by atoms with Crippen molar-refractivity contribution in [1.82, 2.24) is 9.97 Å². The Bertz CT molecular complexity index is 533. The van der Waals surface area contributed by atoms with E-state index in [9.17, 15) is 4.79 Å². The van der Waals surface area contributed by atoms with Crippen LogP contribution in [0, 0.1) is 6.92 Å². The fraction of sp³-hybridized carbons (Fsp3) is 0.286. The molecule has 0 unspecified atom stereocenters.